The average Bonchev–Trinajstić information content (AvgIpc) is 3.25. The highest BCUT2D eigenvalue weighted by Crippen LogP contribution is 2.61. The van der Waals surface area contributed by atoms with Crippen molar-refractivity contribution in [2.45, 2.75) is 31.1 Å². The quantitative estimate of drug-likeness (QED) is 0.872. The van der Waals surface area contributed by atoms with Crippen LogP contribution in [0.1, 0.15) is 29.7 Å². The molecule has 0 saturated heterocycles. The molecule has 1 aromatic heterocycles. The lowest BCUT2D eigenvalue weighted by atomic mass is 9.95. The first-order valence-electron chi connectivity index (χ1n) is 8.54. The summed E-state index contributed by atoms with van der Waals surface area (Å²) in [5.74, 6) is 0.154. The van der Waals surface area contributed by atoms with Crippen LogP contribution in [0.15, 0.2) is 42.5 Å². The lowest BCUT2D eigenvalue weighted by Gasteiger charge is -2.12. The molecule has 1 saturated carbocycles. The Bertz CT molecular complexity index is 848. The number of nitrogens with zero attached hydrogens (tertiary/aromatic N) is 1. The third-order valence-electron chi connectivity index (χ3n) is 5.40. The van der Waals surface area contributed by atoms with Crippen LogP contribution in [0.4, 0.5) is 5.82 Å². The number of aromatic nitrogens is 1. The number of pyridine rings is 1. The van der Waals surface area contributed by atoms with Crippen molar-refractivity contribution in [3.8, 4) is 0 Å². The maximum Gasteiger partial charge on any atom is 0.311 e. The molecular weight excluding hydrogens is 316 g/mol. The van der Waals surface area contributed by atoms with Gasteiger partial charge < -0.3 is 10.1 Å². The van der Waals surface area contributed by atoms with E-state index in [4.69, 9.17) is 0 Å². The summed E-state index contributed by atoms with van der Waals surface area (Å²) >= 11 is 0. The summed E-state index contributed by atoms with van der Waals surface area (Å²) in [6, 6.07) is 13.7. The van der Waals surface area contributed by atoms with Gasteiger partial charge in [-0.25, -0.2) is 4.98 Å². The smallest absolute Gasteiger partial charge is 0.311 e. The Morgan fingerprint density at radius 2 is 2.08 bits per heavy atom. The molecule has 1 spiro atoms. The number of methoxy groups -OCH3 is 1. The summed E-state index contributed by atoms with van der Waals surface area (Å²) in [5.41, 5.74) is 3.31. The van der Waals surface area contributed by atoms with E-state index in [0.717, 1.165) is 19.3 Å². The Balaban J connectivity index is 1.46. The fourth-order valence-corrected chi connectivity index (χ4v) is 4.02. The first-order valence-corrected chi connectivity index (χ1v) is 8.54. The number of amides is 1. The van der Waals surface area contributed by atoms with E-state index < -0.39 is 0 Å². The lowest BCUT2D eigenvalue weighted by molar-refractivity contribution is -0.139. The van der Waals surface area contributed by atoms with E-state index in [1.54, 1.807) is 18.2 Å². The Kier molecular flexibility index (Phi) is 3.79. The Labute approximate surface area is 146 Å². The molecule has 1 heterocycles. The molecule has 5 heteroatoms. The van der Waals surface area contributed by atoms with Crippen LogP contribution in [0.3, 0.4) is 0 Å². The van der Waals surface area contributed by atoms with Gasteiger partial charge in [-0.1, -0.05) is 30.3 Å². The number of carbonyl (C=O) groups excluding carboxylic acids is 2. The van der Waals surface area contributed by atoms with Crippen LogP contribution >= 0.6 is 0 Å². The molecule has 2 aromatic rings. The van der Waals surface area contributed by atoms with Gasteiger partial charge in [0, 0.05) is 11.3 Å². The fourth-order valence-electron chi connectivity index (χ4n) is 4.02. The maximum atomic E-state index is 12.7. The highest BCUT2D eigenvalue weighted by Gasteiger charge is 2.61. The SMILES string of the molecule is COC(=O)Cc1cccc(NC(=O)C2CC23CCc2ccccc23)n1. The molecule has 0 aliphatic heterocycles. The first kappa shape index (κ1) is 15.8. The maximum absolute atomic E-state index is 12.7. The molecule has 4 rings (SSSR count). The third kappa shape index (κ3) is 2.80. The molecule has 2 aliphatic rings. The van der Waals surface area contributed by atoms with Gasteiger partial charge in [0.05, 0.1) is 19.2 Å². The molecule has 0 bridgehead atoms. The molecule has 0 radical (unpaired) electrons. The number of carbonyl (C=O) groups is 2. The topological polar surface area (TPSA) is 68.3 Å². The number of benzene rings is 1. The summed E-state index contributed by atoms with van der Waals surface area (Å²) in [5, 5.41) is 2.92. The lowest BCUT2D eigenvalue weighted by Crippen LogP contribution is -2.20. The van der Waals surface area contributed by atoms with Crippen LogP contribution in [-0.2, 0) is 32.6 Å². The molecule has 1 aromatic carbocycles. The fraction of sp³-hybridized carbons (Fsp3) is 0.350. The van der Waals surface area contributed by atoms with Crippen molar-refractivity contribution in [3.05, 3.63) is 59.3 Å². The van der Waals surface area contributed by atoms with Gasteiger partial charge in [0.25, 0.3) is 0 Å². The molecule has 2 aliphatic carbocycles. The molecule has 128 valence electrons. The second-order valence-electron chi connectivity index (χ2n) is 6.83. The summed E-state index contributed by atoms with van der Waals surface area (Å²) < 4.78 is 4.65. The number of rotatable bonds is 4. The van der Waals surface area contributed by atoms with Gasteiger partial charge in [0.15, 0.2) is 0 Å². The number of ether oxygens (including phenoxy) is 1. The van der Waals surface area contributed by atoms with Crippen molar-refractivity contribution in [2.24, 2.45) is 5.92 Å². The summed E-state index contributed by atoms with van der Waals surface area (Å²) in [7, 11) is 1.35. The zero-order chi connectivity index (χ0) is 17.4. The summed E-state index contributed by atoms with van der Waals surface area (Å²) in [6.07, 6.45) is 3.09. The largest absolute Gasteiger partial charge is 0.469 e. The summed E-state index contributed by atoms with van der Waals surface area (Å²) in [6.45, 7) is 0. The standard InChI is InChI=1S/C20H20N2O3/c1-25-18(23)11-14-6-4-8-17(21-14)22-19(24)16-12-20(16)10-9-13-5-2-3-7-15(13)20/h2-8,16H,9-12H2,1H3,(H,21,22,24). The second kappa shape index (κ2) is 5.99. The van der Waals surface area contributed by atoms with E-state index in [2.05, 4.69) is 39.3 Å². The van der Waals surface area contributed by atoms with E-state index in [9.17, 15) is 9.59 Å². The van der Waals surface area contributed by atoms with Crippen molar-refractivity contribution >= 4 is 17.7 Å². The van der Waals surface area contributed by atoms with Crippen molar-refractivity contribution in [1.29, 1.82) is 0 Å². The number of anilines is 1. The number of fused-ring (bicyclic) bond motifs is 2. The molecule has 1 fully saturated rings. The van der Waals surface area contributed by atoms with Crippen LogP contribution in [0.2, 0.25) is 0 Å². The zero-order valence-corrected chi connectivity index (χ0v) is 14.1. The van der Waals surface area contributed by atoms with E-state index >= 15 is 0 Å². The number of nitrogens with one attached hydrogen (secondary N) is 1. The van der Waals surface area contributed by atoms with Gasteiger partial charge in [-0.2, -0.15) is 0 Å². The van der Waals surface area contributed by atoms with Gasteiger partial charge in [0.1, 0.15) is 5.82 Å². The van der Waals surface area contributed by atoms with Crippen LogP contribution in [0.5, 0.6) is 0 Å². The minimum absolute atomic E-state index is 0.00205. The van der Waals surface area contributed by atoms with Crippen molar-refractivity contribution in [3.63, 3.8) is 0 Å². The molecule has 5 nitrogen and oxygen atoms in total. The molecule has 25 heavy (non-hydrogen) atoms. The molecule has 1 amide bonds. The minimum atomic E-state index is -0.348. The monoisotopic (exact) mass is 336 g/mol. The minimum Gasteiger partial charge on any atom is -0.469 e. The molecule has 2 atom stereocenters. The number of hydrogen-bond acceptors (Lipinski definition) is 4. The summed E-state index contributed by atoms with van der Waals surface area (Å²) in [4.78, 5) is 28.4. The molecule has 1 N–H and O–H groups in total. The van der Waals surface area contributed by atoms with Crippen molar-refractivity contribution in [1.82, 2.24) is 4.98 Å². The highest BCUT2D eigenvalue weighted by molar-refractivity contribution is 5.95. The van der Waals surface area contributed by atoms with E-state index in [0.29, 0.717) is 11.5 Å². The third-order valence-corrected chi connectivity index (χ3v) is 5.40. The number of aryl methyl sites for hydroxylation is 1. The highest BCUT2D eigenvalue weighted by atomic mass is 16.5. The number of hydrogen-bond donors (Lipinski definition) is 1. The van der Waals surface area contributed by atoms with E-state index in [-0.39, 0.29) is 29.6 Å². The Morgan fingerprint density at radius 1 is 1.24 bits per heavy atom. The molecular formula is C20H20N2O3. The van der Waals surface area contributed by atoms with E-state index in [1.165, 1.54) is 18.2 Å². The van der Waals surface area contributed by atoms with Crippen molar-refractivity contribution < 1.29 is 14.3 Å². The number of esters is 1. The van der Waals surface area contributed by atoms with Gasteiger partial charge in [-0.15, -0.1) is 0 Å². The average molecular weight is 336 g/mol. The van der Waals surface area contributed by atoms with E-state index in [1.807, 2.05) is 0 Å². The van der Waals surface area contributed by atoms with Gasteiger partial charge in [-0.05, 0) is 42.5 Å². The van der Waals surface area contributed by atoms with Gasteiger partial charge in [0.2, 0.25) is 5.91 Å². The first-order chi connectivity index (χ1) is 12.1. The van der Waals surface area contributed by atoms with Crippen LogP contribution in [0, 0.1) is 5.92 Å². The van der Waals surface area contributed by atoms with Crippen LogP contribution in [0.25, 0.3) is 0 Å². The van der Waals surface area contributed by atoms with Crippen molar-refractivity contribution in [2.75, 3.05) is 12.4 Å². The Hall–Kier alpha value is -2.69. The van der Waals surface area contributed by atoms with Crippen LogP contribution in [-0.4, -0.2) is 24.0 Å². The predicted molar refractivity (Wildman–Crippen MR) is 93.1 cm³/mol. The predicted octanol–water partition coefficient (Wildman–Crippen LogP) is 2.64. The Morgan fingerprint density at radius 3 is 2.92 bits per heavy atom. The van der Waals surface area contributed by atoms with Gasteiger partial charge in [-0.3, -0.25) is 9.59 Å². The molecule has 2 unspecified atom stereocenters. The zero-order valence-electron chi connectivity index (χ0n) is 14.1. The van der Waals surface area contributed by atoms with Gasteiger partial charge >= 0.3 is 5.97 Å². The normalized spacial score (nSPS) is 23.2. The second-order valence-corrected chi connectivity index (χ2v) is 6.83. The van der Waals surface area contributed by atoms with Crippen LogP contribution < -0.4 is 5.32 Å².